The molecule has 0 heterocycles. The topological polar surface area (TPSA) is 78.9 Å². The quantitative estimate of drug-likeness (QED) is 0.0263. The number of ether oxygens (including phenoxy) is 3. The number of unbranched alkanes of at least 4 members (excludes halogenated alkanes) is 23. The van der Waals surface area contributed by atoms with Gasteiger partial charge in [-0.25, -0.2) is 0 Å². The Bertz CT molecular complexity index is 1260. The number of hydrogen-bond acceptors (Lipinski definition) is 6. The third-order valence-electron chi connectivity index (χ3n) is 10.5. The van der Waals surface area contributed by atoms with Crippen molar-refractivity contribution in [2.75, 3.05) is 13.2 Å². The molecule has 1 unspecified atom stereocenters. The first-order chi connectivity index (χ1) is 30.5. The summed E-state index contributed by atoms with van der Waals surface area (Å²) in [5, 5.41) is 0. The molecule has 0 rings (SSSR count). The van der Waals surface area contributed by atoms with Crippen molar-refractivity contribution in [1.29, 1.82) is 0 Å². The van der Waals surface area contributed by atoms with Crippen molar-refractivity contribution < 1.29 is 28.6 Å². The number of hydrogen-bond donors (Lipinski definition) is 0. The van der Waals surface area contributed by atoms with Crippen LogP contribution < -0.4 is 0 Å². The van der Waals surface area contributed by atoms with E-state index in [1.807, 2.05) is 60.8 Å². The second-order valence-corrected chi connectivity index (χ2v) is 16.5. The molecule has 0 aliphatic rings. The molecule has 0 fully saturated rings. The molecule has 0 N–H and O–H groups in total. The van der Waals surface area contributed by atoms with Gasteiger partial charge >= 0.3 is 17.9 Å². The molecule has 1 atom stereocenters. The van der Waals surface area contributed by atoms with Gasteiger partial charge in [-0.3, -0.25) is 14.4 Å². The minimum Gasteiger partial charge on any atom is -0.462 e. The second-order valence-electron chi connectivity index (χ2n) is 16.5. The molecule has 0 radical (unpaired) electrons. The van der Waals surface area contributed by atoms with Gasteiger partial charge in [0.05, 0.1) is 0 Å². The van der Waals surface area contributed by atoms with Gasteiger partial charge < -0.3 is 14.2 Å². The monoisotopic (exact) mass is 861 g/mol. The van der Waals surface area contributed by atoms with Crippen LogP contribution in [-0.4, -0.2) is 37.2 Å². The smallest absolute Gasteiger partial charge is 0.306 e. The maximum absolute atomic E-state index is 12.8. The predicted molar refractivity (Wildman–Crippen MR) is 265 cm³/mol. The van der Waals surface area contributed by atoms with E-state index in [0.29, 0.717) is 12.8 Å². The number of rotatable bonds is 44. The Kier molecular flexibility index (Phi) is 47.0. The SMILES string of the molecule is CC\C=C/C=C\C=C/C=C\C=C\C=C/CCCCCC(=O)OCC(COC(=O)CCCCCCCCCCCCC)OC(=O)CCCCC/C=C\C=C/CCCCCCCCC. The summed E-state index contributed by atoms with van der Waals surface area (Å²) in [5.74, 6) is -0.979. The van der Waals surface area contributed by atoms with Crippen molar-refractivity contribution in [2.45, 2.75) is 226 Å². The van der Waals surface area contributed by atoms with E-state index in [1.165, 1.54) is 96.3 Å². The van der Waals surface area contributed by atoms with E-state index in [4.69, 9.17) is 14.2 Å². The highest BCUT2D eigenvalue weighted by molar-refractivity contribution is 5.71. The lowest BCUT2D eigenvalue weighted by Crippen LogP contribution is -2.30. The zero-order valence-electron chi connectivity index (χ0n) is 40.1. The Morgan fingerprint density at radius 1 is 0.339 bits per heavy atom. The van der Waals surface area contributed by atoms with Gasteiger partial charge in [-0.05, 0) is 64.2 Å². The molecule has 0 amide bonds. The summed E-state index contributed by atoms with van der Waals surface area (Å²) in [4.78, 5) is 37.9. The Balaban J connectivity index is 4.52. The van der Waals surface area contributed by atoms with E-state index in [9.17, 15) is 14.4 Å². The van der Waals surface area contributed by atoms with Crippen LogP contribution in [0.25, 0.3) is 0 Å². The Labute approximate surface area is 381 Å². The van der Waals surface area contributed by atoms with Gasteiger partial charge in [-0.2, -0.15) is 0 Å². The first-order valence-corrected chi connectivity index (χ1v) is 25.3. The maximum atomic E-state index is 12.8. The molecule has 0 saturated heterocycles. The van der Waals surface area contributed by atoms with Gasteiger partial charge in [0, 0.05) is 19.3 Å². The van der Waals surface area contributed by atoms with Crippen LogP contribution in [-0.2, 0) is 28.6 Å². The summed E-state index contributed by atoms with van der Waals surface area (Å²) in [6.07, 6.45) is 65.3. The summed E-state index contributed by atoms with van der Waals surface area (Å²) in [5.41, 5.74) is 0. The Morgan fingerprint density at radius 3 is 1.02 bits per heavy atom. The standard InChI is InChI=1S/C56H92O6/c1-4-7-10-13-16-19-22-24-26-28-30-31-34-37-40-43-46-49-55(58)61-52-53(51-60-54(57)48-45-42-39-36-33-21-18-15-12-9-6-3)62-56(59)50-47-44-41-38-35-32-29-27-25-23-20-17-14-11-8-5-2/h7,10,13,16,19,22,24,26-32,34-35,53H,4-6,8-9,11-12,14-15,17-18,20-21,23,25,33,36-52H2,1-3H3/b10-7-,16-13-,22-19-,26-24-,29-27-,30-28+,34-31-,35-32-. The summed E-state index contributed by atoms with van der Waals surface area (Å²) in [6.45, 7) is 6.41. The number of esters is 3. The van der Waals surface area contributed by atoms with Crippen molar-refractivity contribution in [3.63, 3.8) is 0 Å². The van der Waals surface area contributed by atoms with Crippen molar-refractivity contribution in [3.8, 4) is 0 Å². The molecule has 62 heavy (non-hydrogen) atoms. The molecule has 0 saturated carbocycles. The highest BCUT2D eigenvalue weighted by atomic mass is 16.6. The van der Waals surface area contributed by atoms with Crippen LogP contribution in [0.3, 0.4) is 0 Å². The minimum absolute atomic E-state index is 0.102. The van der Waals surface area contributed by atoms with Crippen molar-refractivity contribution in [1.82, 2.24) is 0 Å². The van der Waals surface area contributed by atoms with Crippen molar-refractivity contribution >= 4 is 17.9 Å². The average Bonchev–Trinajstić information content (AvgIpc) is 3.27. The van der Waals surface area contributed by atoms with Crippen LogP contribution in [0.2, 0.25) is 0 Å². The highest BCUT2D eigenvalue weighted by Crippen LogP contribution is 2.14. The lowest BCUT2D eigenvalue weighted by Gasteiger charge is -2.18. The first kappa shape index (κ1) is 58.3. The Hall–Kier alpha value is -3.67. The van der Waals surface area contributed by atoms with Crippen LogP contribution in [0.1, 0.15) is 220 Å². The summed E-state index contributed by atoms with van der Waals surface area (Å²) in [7, 11) is 0. The zero-order valence-corrected chi connectivity index (χ0v) is 40.1. The fraction of sp³-hybridized carbons (Fsp3) is 0.661. The lowest BCUT2D eigenvalue weighted by molar-refractivity contribution is -0.167. The first-order valence-electron chi connectivity index (χ1n) is 25.3. The molecular formula is C56H92O6. The Morgan fingerprint density at radius 2 is 0.629 bits per heavy atom. The van der Waals surface area contributed by atoms with Gasteiger partial charge in [0.1, 0.15) is 13.2 Å². The fourth-order valence-corrected chi connectivity index (χ4v) is 6.70. The predicted octanol–water partition coefficient (Wildman–Crippen LogP) is 16.6. The van der Waals surface area contributed by atoms with Crippen LogP contribution in [0.4, 0.5) is 0 Å². The molecule has 0 aromatic heterocycles. The minimum atomic E-state index is -0.808. The van der Waals surface area contributed by atoms with E-state index < -0.39 is 6.10 Å². The summed E-state index contributed by atoms with van der Waals surface area (Å²) < 4.78 is 16.7. The fourth-order valence-electron chi connectivity index (χ4n) is 6.70. The average molecular weight is 861 g/mol. The molecule has 352 valence electrons. The van der Waals surface area contributed by atoms with E-state index >= 15 is 0 Å². The van der Waals surface area contributed by atoms with Gasteiger partial charge in [0.2, 0.25) is 0 Å². The second kappa shape index (κ2) is 50.0. The van der Waals surface area contributed by atoms with Crippen LogP contribution in [0.15, 0.2) is 97.2 Å². The normalized spacial score (nSPS) is 12.9. The molecule has 0 spiro atoms. The largest absolute Gasteiger partial charge is 0.462 e. The van der Waals surface area contributed by atoms with Crippen LogP contribution >= 0.6 is 0 Å². The van der Waals surface area contributed by atoms with Crippen LogP contribution in [0, 0.1) is 0 Å². The third kappa shape index (κ3) is 47.4. The van der Waals surface area contributed by atoms with E-state index in [2.05, 4.69) is 57.2 Å². The number of carbonyl (C=O) groups excluding carboxylic acids is 3. The van der Waals surface area contributed by atoms with Crippen molar-refractivity contribution in [3.05, 3.63) is 97.2 Å². The van der Waals surface area contributed by atoms with E-state index in [-0.39, 0.29) is 37.5 Å². The third-order valence-corrected chi connectivity index (χ3v) is 10.5. The summed E-state index contributed by atoms with van der Waals surface area (Å²) >= 11 is 0. The van der Waals surface area contributed by atoms with Crippen molar-refractivity contribution in [2.24, 2.45) is 0 Å². The van der Waals surface area contributed by atoms with Gasteiger partial charge in [0.25, 0.3) is 0 Å². The molecule has 0 aliphatic heterocycles. The number of allylic oxidation sites excluding steroid dienone is 16. The zero-order chi connectivity index (χ0) is 45.1. The van der Waals surface area contributed by atoms with Gasteiger partial charge in [-0.15, -0.1) is 0 Å². The van der Waals surface area contributed by atoms with Crippen LogP contribution in [0.5, 0.6) is 0 Å². The van der Waals surface area contributed by atoms with Gasteiger partial charge in [-0.1, -0.05) is 234 Å². The van der Waals surface area contributed by atoms with Gasteiger partial charge in [0.15, 0.2) is 6.10 Å². The van der Waals surface area contributed by atoms with E-state index in [1.54, 1.807) is 0 Å². The molecule has 0 aromatic rings. The summed E-state index contributed by atoms with van der Waals surface area (Å²) in [6, 6.07) is 0. The maximum Gasteiger partial charge on any atom is 0.306 e. The molecule has 6 nitrogen and oxygen atoms in total. The molecule has 0 aliphatic carbocycles. The lowest BCUT2D eigenvalue weighted by atomic mass is 10.1. The molecule has 6 heteroatoms. The highest BCUT2D eigenvalue weighted by Gasteiger charge is 2.19. The number of carbonyl (C=O) groups is 3. The van der Waals surface area contributed by atoms with E-state index in [0.717, 1.165) is 83.5 Å². The molecular weight excluding hydrogens is 769 g/mol. The molecule has 0 aromatic carbocycles. The molecule has 0 bridgehead atoms.